The summed E-state index contributed by atoms with van der Waals surface area (Å²) in [4.78, 5) is 1.44. The minimum atomic E-state index is 0.714. The molecule has 0 aliphatic heterocycles. The number of benzene rings is 1. The Balaban J connectivity index is 2.49. The van der Waals surface area contributed by atoms with Crippen molar-refractivity contribution in [3.8, 4) is 0 Å². The number of nitrogens with one attached hydrogen (secondary N) is 1. The fourth-order valence-corrected chi connectivity index (χ4v) is 2.99. The van der Waals surface area contributed by atoms with Crippen molar-refractivity contribution in [2.75, 3.05) is 12.3 Å². The average molecular weight is 279 g/mol. The maximum absolute atomic E-state index is 3.50. The van der Waals surface area contributed by atoms with Crippen LogP contribution in [-0.2, 0) is 6.54 Å². The summed E-state index contributed by atoms with van der Waals surface area (Å²) in [6, 6.07) is 6.88. The fourth-order valence-electron chi connectivity index (χ4n) is 1.84. The van der Waals surface area contributed by atoms with Crippen LogP contribution in [0.15, 0.2) is 23.1 Å². The van der Waals surface area contributed by atoms with E-state index in [-0.39, 0.29) is 0 Å². The van der Waals surface area contributed by atoms with Crippen LogP contribution >= 0.6 is 11.8 Å². The van der Waals surface area contributed by atoms with Crippen molar-refractivity contribution in [3.63, 3.8) is 0 Å². The van der Waals surface area contributed by atoms with Crippen molar-refractivity contribution in [3.05, 3.63) is 29.3 Å². The molecule has 0 saturated heterocycles. The highest BCUT2D eigenvalue weighted by atomic mass is 32.2. The molecule has 1 nitrogen and oxygen atoms in total. The van der Waals surface area contributed by atoms with Crippen LogP contribution < -0.4 is 5.32 Å². The van der Waals surface area contributed by atoms with Crippen LogP contribution in [-0.4, -0.2) is 12.3 Å². The first-order valence-corrected chi connectivity index (χ1v) is 8.44. The summed E-state index contributed by atoms with van der Waals surface area (Å²) in [5.41, 5.74) is 2.81. The Morgan fingerprint density at radius 1 is 1.21 bits per heavy atom. The second-order valence-electron chi connectivity index (χ2n) is 5.95. The number of hydrogen-bond acceptors (Lipinski definition) is 2. The zero-order valence-electron chi connectivity index (χ0n) is 13.1. The van der Waals surface area contributed by atoms with Crippen molar-refractivity contribution in [2.24, 2.45) is 11.8 Å². The predicted molar refractivity (Wildman–Crippen MR) is 87.9 cm³/mol. The molecule has 1 N–H and O–H groups in total. The van der Waals surface area contributed by atoms with Gasteiger partial charge in [-0.05, 0) is 42.5 Å². The van der Waals surface area contributed by atoms with Crippen molar-refractivity contribution >= 4 is 11.8 Å². The number of thioether (sulfide) groups is 1. The molecule has 1 unspecified atom stereocenters. The van der Waals surface area contributed by atoms with E-state index in [1.807, 2.05) is 11.8 Å². The third-order valence-electron chi connectivity index (χ3n) is 3.34. The molecule has 1 aromatic carbocycles. The lowest BCUT2D eigenvalue weighted by molar-refractivity contribution is 0.552. The van der Waals surface area contributed by atoms with E-state index >= 15 is 0 Å². The van der Waals surface area contributed by atoms with Gasteiger partial charge in [-0.15, -0.1) is 11.8 Å². The number of aryl methyl sites for hydroxylation is 1. The lowest BCUT2D eigenvalue weighted by atomic mass is 10.1. The van der Waals surface area contributed by atoms with Crippen LogP contribution in [0, 0.1) is 18.8 Å². The molecule has 1 atom stereocenters. The maximum Gasteiger partial charge on any atom is 0.0205 e. The molecule has 2 heteroatoms. The minimum absolute atomic E-state index is 0.714. The quantitative estimate of drug-likeness (QED) is 0.681. The van der Waals surface area contributed by atoms with E-state index in [2.05, 4.69) is 58.1 Å². The van der Waals surface area contributed by atoms with E-state index in [1.165, 1.54) is 28.2 Å². The summed E-state index contributed by atoms with van der Waals surface area (Å²) in [7, 11) is 0. The Morgan fingerprint density at radius 3 is 2.53 bits per heavy atom. The Labute approximate surface area is 123 Å². The van der Waals surface area contributed by atoms with Crippen LogP contribution in [0.4, 0.5) is 0 Å². The standard InChI is InChI=1S/C17H29NS/c1-6-14(4)12-19-17-8-7-16(9-15(17)5)11-18-10-13(2)3/h7-9,13-14,18H,6,10-12H2,1-5H3. The molecule has 0 fully saturated rings. The van der Waals surface area contributed by atoms with Crippen LogP contribution in [0.3, 0.4) is 0 Å². The highest BCUT2D eigenvalue weighted by molar-refractivity contribution is 7.99. The molecule has 0 aliphatic carbocycles. The predicted octanol–water partition coefficient (Wildman–Crippen LogP) is 4.88. The van der Waals surface area contributed by atoms with Gasteiger partial charge in [0, 0.05) is 17.2 Å². The molecular formula is C17H29NS. The zero-order valence-corrected chi connectivity index (χ0v) is 13.9. The summed E-state index contributed by atoms with van der Waals surface area (Å²) in [5, 5.41) is 3.50. The normalized spacial score (nSPS) is 12.9. The van der Waals surface area contributed by atoms with E-state index in [0.29, 0.717) is 5.92 Å². The van der Waals surface area contributed by atoms with E-state index in [1.54, 1.807) is 0 Å². The van der Waals surface area contributed by atoms with Gasteiger partial charge in [-0.25, -0.2) is 0 Å². The minimum Gasteiger partial charge on any atom is -0.312 e. The van der Waals surface area contributed by atoms with Crippen molar-refractivity contribution < 1.29 is 0 Å². The second-order valence-corrected chi connectivity index (χ2v) is 7.01. The smallest absolute Gasteiger partial charge is 0.0205 e. The molecule has 0 spiro atoms. The first-order chi connectivity index (χ1) is 9.02. The molecule has 19 heavy (non-hydrogen) atoms. The van der Waals surface area contributed by atoms with E-state index in [9.17, 15) is 0 Å². The number of hydrogen-bond donors (Lipinski definition) is 1. The highest BCUT2D eigenvalue weighted by Crippen LogP contribution is 2.26. The lowest BCUT2D eigenvalue weighted by Crippen LogP contribution is -2.18. The van der Waals surface area contributed by atoms with Crippen LogP contribution in [0.5, 0.6) is 0 Å². The molecule has 0 aliphatic rings. The number of rotatable bonds is 8. The summed E-state index contributed by atoms with van der Waals surface area (Å²) in [6.07, 6.45) is 1.27. The molecule has 108 valence electrons. The van der Waals surface area contributed by atoms with Crippen molar-refractivity contribution in [1.29, 1.82) is 0 Å². The topological polar surface area (TPSA) is 12.0 Å². The van der Waals surface area contributed by atoms with Gasteiger partial charge in [-0.3, -0.25) is 0 Å². The Morgan fingerprint density at radius 2 is 1.95 bits per heavy atom. The average Bonchev–Trinajstić information content (AvgIpc) is 2.37. The van der Waals surface area contributed by atoms with Gasteiger partial charge < -0.3 is 5.32 Å². The lowest BCUT2D eigenvalue weighted by Gasteiger charge is -2.12. The molecule has 1 rings (SSSR count). The molecule has 0 aromatic heterocycles. The Kier molecular flexibility index (Phi) is 7.55. The first-order valence-electron chi connectivity index (χ1n) is 7.46. The van der Waals surface area contributed by atoms with Crippen LogP contribution in [0.25, 0.3) is 0 Å². The fraction of sp³-hybridized carbons (Fsp3) is 0.647. The largest absolute Gasteiger partial charge is 0.312 e. The van der Waals surface area contributed by atoms with E-state index in [4.69, 9.17) is 0 Å². The van der Waals surface area contributed by atoms with E-state index < -0.39 is 0 Å². The molecule has 0 saturated carbocycles. The van der Waals surface area contributed by atoms with Crippen molar-refractivity contribution in [2.45, 2.75) is 52.5 Å². The molecular weight excluding hydrogens is 250 g/mol. The highest BCUT2D eigenvalue weighted by Gasteiger charge is 2.04. The molecule has 1 aromatic rings. The maximum atomic E-state index is 3.50. The van der Waals surface area contributed by atoms with Gasteiger partial charge in [-0.2, -0.15) is 0 Å². The SMILES string of the molecule is CCC(C)CSc1ccc(CNCC(C)C)cc1C. The molecule has 0 heterocycles. The van der Waals surface area contributed by atoms with Gasteiger partial charge in [0.15, 0.2) is 0 Å². The third-order valence-corrected chi connectivity index (χ3v) is 4.85. The van der Waals surface area contributed by atoms with Gasteiger partial charge in [0.25, 0.3) is 0 Å². The van der Waals surface area contributed by atoms with E-state index in [0.717, 1.165) is 19.0 Å². The Hall–Kier alpha value is -0.470. The molecule has 0 amide bonds. The zero-order chi connectivity index (χ0) is 14.3. The monoisotopic (exact) mass is 279 g/mol. The summed E-state index contributed by atoms with van der Waals surface area (Å²) in [6.45, 7) is 13.4. The van der Waals surface area contributed by atoms with Gasteiger partial charge >= 0.3 is 0 Å². The van der Waals surface area contributed by atoms with Gasteiger partial charge in [0.2, 0.25) is 0 Å². The third kappa shape index (κ3) is 6.49. The molecule has 0 bridgehead atoms. The Bertz CT molecular complexity index is 374. The molecule has 0 radical (unpaired) electrons. The van der Waals surface area contributed by atoms with Crippen LogP contribution in [0.1, 0.15) is 45.2 Å². The van der Waals surface area contributed by atoms with Gasteiger partial charge in [0.05, 0.1) is 0 Å². The van der Waals surface area contributed by atoms with Gasteiger partial charge in [0.1, 0.15) is 0 Å². The first kappa shape index (κ1) is 16.6. The summed E-state index contributed by atoms with van der Waals surface area (Å²) >= 11 is 2.00. The van der Waals surface area contributed by atoms with Crippen LogP contribution in [0.2, 0.25) is 0 Å². The summed E-state index contributed by atoms with van der Waals surface area (Å²) < 4.78 is 0. The van der Waals surface area contributed by atoms with Gasteiger partial charge in [-0.1, -0.05) is 46.2 Å². The summed E-state index contributed by atoms with van der Waals surface area (Å²) in [5.74, 6) is 2.74. The van der Waals surface area contributed by atoms with Crippen molar-refractivity contribution in [1.82, 2.24) is 5.32 Å². The second kappa shape index (κ2) is 8.65.